The van der Waals surface area contributed by atoms with Crippen LogP contribution in [0.5, 0.6) is 5.88 Å². The second-order valence-electron chi connectivity index (χ2n) is 3.98. The molecule has 1 N–H and O–H groups in total. The predicted octanol–water partition coefficient (Wildman–Crippen LogP) is 1.58. The first-order valence-electron chi connectivity index (χ1n) is 5.65. The Morgan fingerprint density at radius 3 is 2.94 bits per heavy atom. The molecule has 1 aromatic carbocycles. The number of hydrogen-bond donors (Lipinski definition) is 1. The van der Waals surface area contributed by atoms with Gasteiger partial charge in [0, 0.05) is 0 Å². The molecule has 0 saturated carbocycles. The minimum Gasteiger partial charge on any atom is -0.472 e. The van der Waals surface area contributed by atoms with Gasteiger partial charge in [0.2, 0.25) is 5.88 Å². The van der Waals surface area contributed by atoms with Gasteiger partial charge in [0.1, 0.15) is 18.6 Å². The predicted molar refractivity (Wildman–Crippen MR) is 62.6 cm³/mol. The lowest BCUT2D eigenvalue weighted by Crippen LogP contribution is -2.02. The lowest BCUT2D eigenvalue weighted by atomic mass is 10.2. The number of aliphatic hydroxyl groups is 1. The molecule has 1 atom stereocenters. The number of benzene rings is 1. The molecule has 5 nitrogen and oxygen atoms in total. The maximum Gasteiger partial charge on any atom is 0.222 e. The van der Waals surface area contributed by atoms with Crippen molar-refractivity contribution in [2.45, 2.75) is 19.5 Å². The van der Waals surface area contributed by atoms with E-state index in [1.807, 2.05) is 30.3 Å². The first-order valence-corrected chi connectivity index (χ1v) is 5.65. The molecule has 0 radical (unpaired) electrons. The fourth-order valence-electron chi connectivity index (χ4n) is 1.85. The molecule has 2 heterocycles. The molecule has 0 aliphatic carbocycles. The van der Waals surface area contributed by atoms with Crippen LogP contribution >= 0.6 is 0 Å². The van der Waals surface area contributed by atoms with E-state index in [1.54, 1.807) is 0 Å². The SMILES string of the molecule is OC1OCc2c(OCc3ccccc3)ncnc21. The van der Waals surface area contributed by atoms with E-state index in [9.17, 15) is 5.11 Å². The minimum atomic E-state index is -0.970. The van der Waals surface area contributed by atoms with Crippen LogP contribution in [0, 0.1) is 0 Å². The molecule has 5 heteroatoms. The third-order valence-electron chi connectivity index (χ3n) is 2.78. The molecule has 18 heavy (non-hydrogen) atoms. The number of aliphatic hydroxyl groups excluding tert-OH is 1. The van der Waals surface area contributed by atoms with Gasteiger partial charge in [0.15, 0.2) is 6.29 Å². The smallest absolute Gasteiger partial charge is 0.222 e. The number of fused-ring (bicyclic) bond motifs is 1. The number of rotatable bonds is 3. The number of nitrogens with zero attached hydrogens (tertiary/aromatic N) is 2. The van der Waals surface area contributed by atoms with E-state index >= 15 is 0 Å². The van der Waals surface area contributed by atoms with Crippen molar-refractivity contribution in [3.8, 4) is 5.88 Å². The minimum absolute atomic E-state index is 0.279. The summed E-state index contributed by atoms with van der Waals surface area (Å²) in [7, 11) is 0. The van der Waals surface area contributed by atoms with E-state index in [0.29, 0.717) is 18.2 Å². The Balaban J connectivity index is 1.78. The van der Waals surface area contributed by atoms with Crippen LogP contribution in [-0.2, 0) is 18.0 Å². The topological polar surface area (TPSA) is 64.5 Å². The third kappa shape index (κ3) is 2.05. The maximum absolute atomic E-state index is 9.52. The van der Waals surface area contributed by atoms with Crippen LogP contribution < -0.4 is 4.74 Å². The zero-order valence-electron chi connectivity index (χ0n) is 9.61. The zero-order valence-corrected chi connectivity index (χ0v) is 9.61. The van der Waals surface area contributed by atoms with Crippen LogP contribution in [0.15, 0.2) is 36.7 Å². The Bertz CT molecular complexity index is 545. The van der Waals surface area contributed by atoms with Gasteiger partial charge in [0.05, 0.1) is 12.2 Å². The summed E-state index contributed by atoms with van der Waals surface area (Å²) in [4.78, 5) is 8.07. The van der Waals surface area contributed by atoms with Crippen molar-refractivity contribution in [1.29, 1.82) is 0 Å². The zero-order chi connectivity index (χ0) is 12.4. The number of ether oxygens (including phenoxy) is 2. The largest absolute Gasteiger partial charge is 0.472 e. The highest BCUT2D eigenvalue weighted by molar-refractivity contribution is 5.32. The van der Waals surface area contributed by atoms with Crippen LogP contribution in [0.2, 0.25) is 0 Å². The van der Waals surface area contributed by atoms with E-state index in [1.165, 1.54) is 6.33 Å². The van der Waals surface area contributed by atoms with Gasteiger partial charge in [-0.1, -0.05) is 30.3 Å². The molecule has 1 aliphatic rings. The molecular formula is C13H12N2O3. The van der Waals surface area contributed by atoms with Crippen LogP contribution in [0.1, 0.15) is 23.1 Å². The number of aromatic nitrogens is 2. The van der Waals surface area contributed by atoms with Gasteiger partial charge in [-0.15, -0.1) is 0 Å². The van der Waals surface area contributed by atoms with Gasteiger partial charge in [0.25, 0.3) is 0 Å². The molecule has 92 valence electrons. The molecule has 1 unspecified atom stereocenters. The van der Waals surface area contributed by atoms with Crippen LogP contribution in [0.4, 0.5) is 0 Å². The molecule has 2 aromatic rings. The van der Waals surface area contributed by atoms with Gasteiger partial charge in [-0.2, -0.15) is 0 Å². The summed E-state index contributed by atoms with van der Waals surface area (Å²) in [5.74, 6) is 0.473. The van der Waals surface area contributed by atoms with Crippen LogP contribution in [0.3, 0.4) is 0 Å². The second-order valence-corrected chi connectivity index (χ2v) is 3.98. The Morgan fingerprint density at radius 2 is 2.11 bits per heavy atom. The van der Waals surface area contributed by atoms with Crippen molar-refractivity contribution < 1.29 is 14.6 Å². The highest BCUT2D eigenvalue weighted by atomic mass is 16.6. The maximum atomic E-state index is 9.52. The standard InChI is InChI=1S/C13H12N2O3/c16-13-11-10(7-18-13)12(15-8-14-11)17-6-9-4-2-1-3-5-9/h1-5,8,13,16H,6-7H2. The lowest BCUT2D eigenvalue weighted by molar-refractivity contribution is -0.0939. The Labute approximate surface area is 104 Å². The van der Waals surface area contributed by atoms with Crippen molar-refractivity contribution in [1.82, 2.24) is 9.97 Å². The molecule has 0 bridgehead atoms. The first-order chi connectivity index (χ1) is 8.84. The van der Waals surface area contributed by atoms with Gasteiger partial charge in [-0.3, -0.25) is 0 Å². The molecule has 3 rings (SSSR count). The molecule has 0 saturated heterocycles. The average Bonchev–Trinajstić information content (AvgIpc) is 2.80. The molecule has 1 aliphatic heterocycles. The van der Waals surface area contributed by atoms with E-state index in [-0.39, 0.29) is 6.61 Å². The van der Waals surface area contributed by atoms with E-state index in [0.717, 1.165) is 11.1 Å². The Kier molecular flexibility index (Phi) is 2.92. The summed E-state index contributed by atoms with van der Waals surface area (Å²) in [5.41, 5.74) is 2.28. The quantitative estimate of drug-likeness (QED) is 0.888. The lowest BCUT2D eigenvalue weighted by Gasteiger charge is -2.08. The highest BCUT2D eigenvalue weighted by Gasteiger charge is 2.26. The normalized spacial score (nSPS) is 17.5. The fourth-order valence-corrected chi connectivity index (χ4v) is 1.85. The third-order valence-corrected chi connectivity index (χ3v) is 2.78. The number of hydrogen-bond acceptors (Lipinski definition) is 5. The summed E-state index contributed by atoms with van der Waals surface area (Å²) >= 11 is 0. The second kappa shape index (κ2) is 4.72. The summed E-state index contributed by atoms with van der Waals surface area (Å²) in [6.45, 7) is 0.710. The summed E-state index contributed by atoms with van der Waals surface area (Å²) in [6, 6.07) is 9.82. The van der Waals surface area contributed by atoms with E-state index in [4.69, 9.17) is 9.47 Å². The van der Waals surface area contributed by atoms with Crippen molar-refractivity contribution in [2.75, 3.05) is 0 Å². The van der Waals surface area contributed by atoms with Crippen LogP contribution in [-0.4, -0.2) is 15.1 Å². The fraction of sp³-hybridized carbons (Fsp3) is 0.231. The van der Waals surface area contributed by atoms with Gasteiger partial charge in [-0.05, 0) is 5.56 Å². The molecule has 0 fully saturated rings. The Hall–Kier alpha value is -1.98. The molecule has 1 aromatic heterocycles. The molecule has 0 spiro atoms. The van der Waals surface area contributed by atoms with Crippen molar-refractivity contribution >= 4 is 0 Å². The van der Waals surface area contributed by atoms with E-state index in [2.05, 4.69) is 9.97 Å². The van der Waals surface area contributed by atoms with Gasteiger partial charge >= 0.3 is 0 Å². The van der Waals surface area contributed by atoms with Crippen molar-refractivity contribution in [3.63, 3.8) is 0 Å². The summed E-state index contributed by atoms with van der Waals surface area (Å²) in [6.07, 6.45) is 0.402. The highest BCUT2D eigenvalue weighted by Crippen LogP contribution is 2.31. The van der Waals surface area contributed by atoms with Crippen LogP contribution in [0.25, 0.3) is 0 Å². The average molecular weight is 244 g/mol. The monoisotopic (exact) mass is 244 g/mol. The first kappa shape index (κ1) is 11.1. The summed E-state index contributed by atoms with van der Waals surface area (Å²) < 4.78 is 10.7. The van der Waals surface area contributed by atoms with Crippen molar-refractivity contribution in [2.24, 2.45) is 0 Å². The van der Waals surface area contributed by atoms with Gasteiger partial charge < -0.3 is 14.6 Å². The molecular weight excluding hydrogens is 232 g/mol. The summed E-state index contributed by atoms with van der Waals surface area (Å²) in [5, 5.41) is 9.52. The van der Waals surface area contributed by atoms with Gasteiger partial charge in [-0.25, -0.2) is 9.97 Å². The Morgan fingerprint density at radius 1 is 1.28 bits per heavy atom. The van der Waals surface area contributed by atoms with E-state index < -0.39 is 6.29 Å². The van der Waals surface area contributed by atoms with Crippen molar-refractivity contribution in [3.05, 3.63) is 53.5 Å². The molecule has 0 amide bonds.